The second-order valence-electron chi connectivity index (χ2n) is 7.13. The first kappa shape index (κ1) is 21.6. The Bertz CT molecular complexity index is 1200. The van der Waals surface area contributed by atoms with E-state index in [1.807, 2.05) is 17.5 Å². The monoisotopic (exact) mass is 453 g/mol. The zero-order chi connectivity index (χ0) is 22.8. The first-order chi connectivity index (χ1) is 15.4. The van der Waals surface area contributed by atoms with Crippen LogP contribution in [0.4, 0.5) is 4.39 Å². The number of halogens is 1. The number of ketones is 1. The third kappa shape index (κ3) is 3.85. The van der Waals surface area contributed by atoms with Crippen LogP contribution in [0.1, 0.15) is 22.0 Å². The van der Waals surface area contributed by atoms with E-state index in [0.29, 0.717) is 11.3 Å². The van der Waals surface area contributed by atoms with E-state index < -0.39 is 29.3 Å². The lowest BCUT2D eigenvalue weighted by atomic mass is 9.94. The summed E-state index contributed by atoms with van der Waals surface area (Å²) in [7, 11) is 2.89. The molecule has 0 spiro atoms. The SMILES string of the molecule is COc1cccc(C2/C(=C(\O)c3cc(F)ccc3OC)C(=O)C(=O)N2Cc2cccs2)c1. The number of rotatable bonds is 6. The fraction of sp³-hybridized carbons (Fsp3) is 0.167. The lowest BCUT2D eigenvalue weighted by Crippen LogP contribution is -2.28. The van der Waals surface area contributed by atoms with Crippen molar-refractivity contribution in [2.45, 2.75) is 12.6 Å². The summed E-state index contributed by atoms with van der Waals surface area (Å²) in [6.07, 6.45) is 0. The average Bonchev–Trinajstić information content (AvgIpc) is 3.41. The highest BCUT2D eigenvalue weighted by Crippen LogP contribution is 2.42. The van der Waals surface area contributed by atoms with Gasteiger partial charge in [-0.2, -0.15) is 0 Å². The lowest BCUT2D eigenvalue weighted by molar-refractivity contribution is -0.140. The molecule has 1 N–H and O–H groups in total. The van der Waals surface area contributed by atoms with E-state index in [0.717, 1.165) is 10.9 Å². The summed E-state index contributed by atoms with van der Waals surface area (Å²) in [6.45, 7) is 0.182. The summed E-state index contributed by atoms with van der Waals surface area (Å²) >= 11 is 1.45. The summed E-state index contributed by atoms with van der Waals surface area (Å²) in [4.78, 5) is 28.4. The number of carbonyl (C=O) groups is 2. The molecule has 8 heteroatoms. The minimum Gasteiger partial charge on any atom is -0.507 e. The molecule has 6 nitrogen and oxygen atoms in total. The molecule has 1 amide bonds. The van der Waals surface area contributed by atoms with Crippen molar-refractivity contribution in [1.29, 1.82) is 0 Å². The molecule has 0 radical (unpaired) electrons. The number of ether oxygens (including phenoxy) is 2. The predicted molar refractivity (Wildman–Crippen MR) is 118 cm³/mol. The molecule has 1 aliphatic rings. The van der Waals surface area contributed by atoms with Gasteiger partial charge in [-0.1, -0.05) is 18.2 Å². The fourth-order valence-corrected chi connectivity index (χ4v) is 4.48. The predicted octanol–water partition coefficient (Wildman–Crippen LogP) is 4.53. The first-order valence-corrected chi connectivity index (χ1v) is 10.6. The normalized spacial score (nSPS) is 17.6. The lowest BCUT2D eigenvalue weighted by Gasteiger charge is -2.25. The van der Waals surface area contributed by atoms with Gasteiger partial charge < -0.3 is 19.5 Å². The van der Waals surface area contributed by atoms with Gasteiger partial charge in [0, 0.05) is 4.88 Å². The van der Waals surface area contributed by atoms with Crippen LogP contribution in [0.3, 0.4) is 0 Å². The van der Waals surface area contributed by atoms with Crippen LogP contribution in [0.15, 0.2) is 65.6 Å². The molecule has 1 atom stereocenters. The topological polar surface area (TPSA) is 76.1 Å². The highest BCUT2D eigenvalue weighted by Gasteiger charge is 2.46. The van der Waals surface area contributed by atoms with Crippen LogP contribution < -0.4 is 9.47 Å². The van der Waals surface area contributed by atoms with E-state index in [9.17, 15) is 19.1 Å². The van der Waals surface area contributed by atoms with Crippen molar-refractivity contribution in [3.05, 3.63) is 87.4 Å². The number of carbonyl (C=O) groups excluding carboxylic acids is 2. The van der Waals surface area contributed by atoms with Gasteiger partial charge in [0.1, 0.15) is 23.1 Å². The van der Waals surface area contributed by atoms with Gasteiger partial charge in [-0.05, 0) is 47.3 Å². The molecule has 1 saturated heterocycles. The van der Waals surface area contributed by atoms with Crippen LogP contribution in [0.5, 0.6) is 11.5 Å². The number of methoxy groups -OCH3 is 2. The van der Waals surface area contributed by atoms with Gasteiger partial charge in [0.15, 0.2) is 0 Å². The molecule has 2 aromatic carbocycles. The van der Waals surface area contributed by atoms with E-state index in [4.69, 9.17) is 9.47 Å². The van der Waals surface area contributed by atoms with Crippen LogP contribution in [0, 0.1) is 5.82 Å². The van der Waals surface area contributed by atoms with E-state index in [2.05, 4.69) is 0 Å². The molecule has 1 aromatic heterocycles. The van der Waals surface area contributed by atoms with E-state index in [1.54, 1.807) is 24.3 Å². The quantitative estimate of drug-likeness (QED) is 0.337. The van der Waals surface area contributed by atoms with Gasteiger partial charge >= 0.3 is 0 Å². The molecule has 164 valence electrons. The van der Waals surface area contributed by atoms with Crippen LogP contribution >= 0.6 is 11.3 Å². The zero-order valence-electron chi connectivity index (χ0n) is 17.4. The molecule has 0 aliphatic carbocycles. The number of likely N-dealkylation sites (tertiary alicyclic amines) is 1. The molecule has 1 unspecified atom stereocenters. The first-order valence-electron chi connectivity index (χ1n) is 9.73. The van der Waals surface area contributed by atoms with Gasteiger partial charge in [0.05, 0.1) is 37.9 Å². The molecule has 1 fully saturated rings. The van der Waals surface area contributed by atoms with Crippen molar-refractivity contribution in [3.8, 4) is 11.5 Å². The maximum absolute atomic E-state index is 14.0. The van der Waals surface area contributed by atoms with Crippen molar-refractivity contribution in [2.75, 3.05) is 14.2 Å². The molecular formula is C24H20FNO5S. The molecule has 0 bridgehead atoms. The number of nitrogens with zero attached hydrogens (tertiary/aromatic N) is 1. The summed E-state index contributed by atoms with van der Waals surface area (Å²) in [5, 5.41) is 13.0. The molecule has 0 saturated carbocycles. The standard InChI is InChI=1S/C24H20FNO5S/c1-30-16-6-3-5-14(11-16)21-20(22(27)18-12-15(25)8-9-19(18)31-2)23(28)24(29)26(21)13-17-7-4-10-32-17/h3-12,21,27H,13H2,1-2H3/b22-20+. The third-order valence-electron chi connectivity index (χ3n) is 5.27. The molecule has 1 aliphatic heterocycles. The van der Waals surface area contributed by atoms with Gasteiger partial charge in [-0.15, -0.1) is 11.3 Å². The molecule has 4 rings (SSSR count). The second kappa shape index (κ2) is 8.84. The Hall–Kier alpha value is -3.65. The highest BCUT2D eigenvalue weighted by atomic mass is 32.1. The Morgan fingerprint density at radius 1 is 1.09 bits per heavy atom. The Morgan fingerprint density at radius 2 is 1.91 bits per heavy atom. The summed E-state index contributed by atoms with van der Waals surface area (Å²) in [6, 6.07) is 13.4. The number of hydrogen-bond donors (Lipinski definition) is 1. The minimum atomic E-state index is -0.889. The van der Waals surface area contributed by atoms with Gasteiger partial charge in [-0.25, -0.2) is 4.39 Å². The van der Waals surface area contributed by atoms with Gasteiger partial charge in [-0.3, -0.25) is 9.59 Å². The van der Waals surface area contributed by atoms with Gasteiger partial charge in [0.25, 0.3) is 11.7 Å². The second-order valence-corrected chi connectivity index (χ2v) is 8.16. The van der Waals surface area contributed by atoms with E-state index >= 15 is 0 Å². The summed E-state index contributed by atoms with van der Waals surface area (Å²) < 4.78 is 24.5. The van der Waals surface area contributed by atoms with Gasteiger partial charge in [0.2, 0.25) is 0 Å². The number of hydrogen-bond acceptors (Lipinski definition) is 6. The minimum absolute atomic E-state index is 0.00507. The Kier molecular flexibility index (Phi) is 5.96. The number of thiophene rings is 1. The van der Waals surface area contributed by atoms with Crippen LogP contribution in [-0.2, 0) is 16.1 Å². The maximum atomic E-state index is 14.0. The highest BCUT2D eigenvalue weighted by molar-refractivity contribution is 7.09. The number of Topliss-reactive ketones (excluding diaryl/α,β-unsaturated/α-hetero) is 1. The zero-order valence-corrected chi connectivity index (χ0v) is 18.2. The van der Waals surface area contributed by atoms with Crippen molar-refractivity contribution in [1.82, 2.24) is 4.90 Å². The van der Waals surface area contributed by atoms with Crippen LogP contribution in [0.2, 0.25) is 0 Å². The number of benzene rings is 2. The Morgan fingerprint density at radius 3 is 2.59 bits per heavy atom. The number of amides is 1. The average molecular weight is 453 g/mol. The molecule has 32 heavy (non-hydrogen) atoms. The van der Waals surface area contributed by atoms with Crippen molar-refractivity contribution in [3.63, 3.8) is 0 Å². The Balaban J connectivity index is 1.92. The fourth-order valence-electron chi connectivity index (χ4n) is 3.78. The third-order valence-corrected chi connectivity index (χ3v) is 6.13. The smallest absolute Gasteiger partial charge is 0.295 e. The van der Waals surface area contributed by atoms with Crippen LogP contribution in [0.25, 0.3) is 5.76 Å². The van der Waals surface area contributed by atoms with Crippen LogP contribution in [-0.4, -0.2) is 35.9 Å². The Labute approximate surface area is 188 Å². The summed E-state index contributed by atoms with van der Waals surface area (Å²) in [5.41, 5.74) is 0.440. The number of aliphatic hydroxyl groups excluding tert-OH is 1. The van der Waals surface area contributed by atoms with E-state index in [-0.39, 0.29) is 23.4 Å². The molecule has 3 aromatic rings. The number of aliphatic hydroxyl groups is 1. The van der Waals surface area contributed by atoms with E-state index in [1.165, 1.54) is 42.6 Å². The molecule has 2 heterocycles. The van der Waals surface area contributed by atoms with Crippen molar-refractivity contribution >= 4 is 28.8 Å². The maximum Gasteiger partial charge on any atom is 0.295 e. The van der Waals surface area contributed by atoms with Crippen molar-refractivity contribution < 1.29 is 28.6 Å². The largest absolute Gasteiger partial charge is 0.507 e. The van der Waals surface area contributed by atoms with Crippen molar-refractivity contribution in [2.24, 2.45) is 0 Å². The molecular weight excluding hydrogens is 433 g/mol. The summed E-state index contributed by atoms with van der Waals surface area (Å²) in [5.74, 6) is -1.99.